The summed E-state index contributed by atoms with van der Waals surface area (Å²) in [5.74, 6) is -0.786. The molecule has 3 rings (SSSR count). The van der Waals surface area contributed by atoms with E-state index >= 15 is 0 Å². The van der Waals surface area contributed by atoms with Gasteiger partial charge in [-0.2, -0.15) is 13.2 Å². The molecule has 26 heavy (non-hydrogen) atoms. The van der Waals surface area contributed by atoms with Gasteiger partial charge in [-0.25, -0.2) is 4.79 Å². The number of alkyl halides is 3. The highest BCUT2D eigenvalue weighted by Gasteiger charge is 2.38. The number of benzene rings is 2. The van der Waals surface area contributed by atoms with Crippen LogP contribution in [0.2, 0.25) is 0 Å². The molecule has 0 saturated heterocycles. The highest BCUT2D eigenvalue weighted by molar-refractivity contribution is 5.97. The Balaban J connectivity index is 2.37. The minimum absolute atomic E-state index is 0.0743. The Bertz CT molecular complexity index is 900. The fraction of sp³-hybridized carbons (Fsp3) is 0.150. The van der Waals surface area contributed by atoms with Crippen molar-refractivity contribution in [3.05, 3.63) is 78.0 Å². The molecule has 1 aromatic heterocycles. The van der Waals surface area contributed by atoms with Gasteiger partial charge in [0.2, 0.25) is 0 Å². The quantitative estimate of drug-likeness (QED) is 0.589. The summed E-state index contributed by atoms with van der Waals surface area (Å²) in [4.78, 5) is 12.4. The molecule has 0 N–H and O–H groups in total. The van der Waals surface area contributed by atoms with Gasteiger partial charge in [-0.15, -0.1) is 0 Å². The standard InChI is InChI=1S/C20H16F3NO2/c1-2-26-19(25)16-13-17(20(21,22)23)24(15-11-7-4-8-12-15)18(16)14-9-5-3-6-10-14/h3-13H,2H2,1H3. The molecule has 3 nitrogen and oxygen atoms in total. The number of hydrogen-bond acceptors (Lipinski definition) is 2. The van der Waals surface area contributed by atoms with E-state index in [0.717, 1.165) is 10.6 Å². The molecule has 1 heterocycles. The van der Waals surface area contributed by atoms with E-state index in [1.54, 1.807) is 67.6 Å². The molecule has 0 aliphatic heterocycles. The smallest absolute Gasteiger partial charge is 0.431 e. The molecule has 0 unspecified atom stereocenters. The van der Waals surface area contributed by atoms with Gasteiger partial charge in [-0.3, -0.25) is 0 Å². The first-order valence-corrected chi connectivity index (χ1v) is 8.04. The van der Waals surface area contributed by atoms with E-state index in [-0.39, 0.29) is 17.9 Å². The lowest BCUT2D eigenvalue weighted by Crippen LogP contribution is -2.13. The van der Waals surface area contributed by atoms with Crippen LogP contribution in [0.15, 0.2) is 66.7 Å². The predicted molar refractivity (Wildman–Crippen MR) is 92.2 cm³/mol. The monoisotopic (exact) mass is 359 g/mol. The minimum atomic E-state index is -4.63. The molecular formula is C20H16F3NO2. The van der Waals surface area contributed by atoms with E-state index in [0.29, 0.717) is 11.3 Å². The predicted octanol–water partition coefficient (Wildman–Crippen LogP) is 5.34. The highest BCUT2D eigenvalue weighted by atomic mass is 19.4. The fourth-order valence-electron chi connectivity index (χ4n) is 2.81. The first-order chi connectivity index (χ1) is 12.4. The Hall–Kier alpha value is -3.02. The van der Waals surface area contributed by atoms with Crippen LogP contribution in [0.25, 0.3) is 16.9 Å². The van der Waals surface area contributed by atoms with Gasteiger partial charge in [-0.05, 0) is 30.7 Å². The molecule has 0 aliphatic rings. The summed E-state index contributed by atoms with van der Waals surface area (Å²) in [6.45, 7) is 1.68. The van der Waals surface area contributed by atoms with Crippen molar-refractivity contribution in [1.82, 2.24) is 4.57 Å². The van der Waals surface area contributed by atoms with E-state index in [1.165, 1.54) is 0 Å². The van der Waals surface area contributed by atoms with Crippen molar-refractivity contribution in [2.24, 2.45) is 0 Å². The van der Waals surface area contributed by atoms with E-state index in [2.05, 4.69) is 0 Å². The van der Waals surface area contributed by atoms with Gasteiger partial charge in [0.1, 0.15) is 5.69 Å². The lowest BCUT2D eigenvalue weighted by Gasteiger charge is -2.16. The Labute approximate surface area is 148 Å². The number of halogens is 3. The van der Waals surface area contributed by atoms with Crippen molar-refractivity contribution in [2.75, 3.05) is 6.61 Å². The van der Waals surface area contributed by atoms with Gasteiger partial charge < -0.3 is 9.30 Å². The van der Waals surface area contributed by atoms with Crippen molar-refractivity contribution in [3.63, 3.8) is 0 Å². The summed E-state index contributed by atoms with van der Waals surface area (Å²) in [5, 5.41) is 0. The summed E-state index contributed by atoms with van der Waals surface area (Å²) in [6, 6.07) is 17.5. The SMILES string of the molecule is CCOC(=O)c1cc(C(F)(F)F)n(-c2ccccc2)c1-c1ccccc1. The molecule has 0 radical (unpaired) electrons. The van der Waals surface area contributed by atoms with Crippen LogP contribution in [0, 0.1) is 0 Å². The summed E-state index contributed by atoms with van der Waals surface area (Å²) < 4.78 is 47.2. The van der Waals surface area contributed by atoms with E-state index < -0.39 is 17.8 Å². The van der Waals surface area contributed by atoms with Crippen LogP contribution in [-0.2, 0) is 10.9 Å². The van der Waals surface area contributed by atoms with Crippen LogP contribution in [0.4, 0.5) is 13.2 Å². The first-order valence-electron chi connectivity index (χ1n) is 8.04. The van der Waals surface area contributed by atoms with Crippen LogP contribution in [0.3, 0.4) is 0 Å². The molecule has 0 spiro atoms. The molecule has 0 saturated carbocycles. The largest absolute Gasteiger partial charge is 0.462 e. The molecule has 0 bridgehead atoms. The number of para-hydroxylation sites is 1. The van der Waals surface area contributed by atoms with Gasteiger partial charge in [0, 0.05) is 5.69 Å². The molecule has 0 aliphatic carbocycles. The third-order valence-corrected chi connectivity index (χ3v) is 3.85. The van der Waals surface area contributed by atoms with E-state index in [1.807, 2.05) is 0 Å². The maximum atomic E-state index is 13.7. The van der Waals surface area contributed by atoms with Crippen molar-refractivity contribution in [2.45, 2.75) is 13.1 Å². The molecule has 0 fully saturated rings. The second kappa shape index (κ2) is 7.07. The maximum absolute atomic E-state index is 13.7. The minimum Gasteiger partial charge on any atom is -0.462 e. The van der Waals surface area contributed by atoms with E-state index in [9.17, 15) is 18.0 Å². The Kier molecular flexibility index (Phi) is 4.84. The summed E-state index contributed by atoms with van der Waals surface area (Å²) in [6.07, 6.45) is -4.63. The normalized spacial score (nSPS) is 11.4. The van der Waals surface area contributed by atoms with Crippen LogP contribution >= 0.6 is 0 Å². The number of esters is 1. The lowest BCUT2D eigenvalue weighted by atomic mass is 10.1. The average molecular weight is 359 g/mol. The van der Waals surface area contributed by atoms with Gasteiger partial charge in [0.15, 0.2) is 0 Å². The first kappa shape index (κ1) is 17.8. The number of carbonyl (C=O) groups excluding carboxylic acids is 1. The highest BCUT2D eigenvalue weighted by Crippen LogP contribution is 2.39. The molecule has 0 amide bonds. The van der Waals surface area contributed by atoms with Gasteiger partial charge in [0.05, 0.1) is 17.9 Å². The molecule has 2 aromatic carbocycles. The zero-order valence-electron chi connectivity index (χ0n) is 14.0. The average Bonchev–Trinajstić information content (AvgIpc) is 3.04. The van der Waals surface area contributed by atoms with Gasteiger partial charge >= 0.3 is 12.1 Å². The molecular weight excluding hydrogens is 343 g/mol. The maximum Gasteiger partial charge on any atom is 0.431 e. The summed E-state index contributed by atoms with van der Waals surface area (Å²) >= 11 is 0. The third-order valence-electron chi connectivity index (χ3n) is 3.85. The van der Waals surface area contributed by atoms with Crippen molar-refractivity contribution in [1.29, 1.82) is 0 Å². The van der Waals surface area contributed by atoms with Crippen LogP contribution in [-0.4, -0.2) is 17.1 Å². The van der Waals surface area contributed by atoms with Gasteiger partial charge in [-0.1, -0.05) is 48.5 Å². The Morgan fingerprint density at radius 2 is 1.58 bits per heavy atom. The second-order valence-corrected chi connectivity index (χ2v) is 5.55. The molecule has 134 valence electrons. The number of carbonyl (C=O) groups is 1. The van der Waals surface area contributed by atoms with Crippen molar-refractivity contribution < 1.29 is 22.7 Å². The lowest BCUT2D eigenvalue weighted by molar-refractivity contribution is -0.142. The zero-order chi connectivity index (χ0) is 18.7. The number of ether oxygens (including phenoxy) is 1. The van der Waals surface area contributed by atoms with Crippen molar-refractivity contribution >= 4 is 5.97 Å². The van der Waals surface area contributed by atoms with Gasteiger partial charge in [0.25, 0.3) is 0 Å². The molecule has 3 aromatic rings. The molecule has 0 atom stereocenters. The van der Waals surface area contributed by atoms with Crippen molar-refractivity contribution in [3.8, 4) is 16.9 Å². The Morgan fingerprint density at radius 1 is 1.00 bits per heavy atom. The summed E-state index contributed by atoms with van der Waals surface area (Å²) in [7, 11) is 0. The van der Waals surface area contributed by atoms with Crippen LogP contribution < -0.4 is 0 Å². The number of nitrogens with zero attached hydrogens (tertiary/aromatic N) is 1. The Morgan fingerprint density at radius 3 is 2.12 bits per heavy atom. The zero-order valence-corrected chi connectivity index (χ0v) is 14.0. The molecule has 6 heteroatoms. The number of rotatable bonds is 4. The second-order valence-electron chi connectivity index (χ2n) is 5.55. The summed E-state index contributed by atoms with van der Waals surface area (Å²) in [5.41, 5.74) is -0.0773. The van der Waals surface area contributed by atoms with Crippen LogP contribution in [0.1, 0.15) is 23.0 Å². The van der Waals surface area contributed by atoms with Crippen LogP contribution in [0.5, 0.6) is 0 Å². The topological polar surface area (TPSA) is 31.2 Å². The van der Waals surface area contributed by atoms with E-state index in [4.69, 9.17) is 4.74 Å². The third kappa shape index (κ3) is 3.35. The number of hydrogen-bond donors (Lipinski definition) is 0. The fourth-order valence-corrected chi connectivity index (χ4v) is 2.81. The number of aromatic nitrogens is 1.